The van der Waals surface area contributed by atoms with E-state index >= 15 is 0 Å². The van der Waals surface area contributed by atoms with Crippen molar-refractivity contribution < 1.29 is 19.2 Å². The van der Waals surface area contributed by atoms with E-state index in [9.17, 15) is 14.4 Å². The van der Waals surface area contributed by atoms with Crippen LogP contribution < -0.4 is 0 Å². The van der Waals surface area contributed by atoms with Gasteiger partial charge in [-0.25, -0.2) is 4.79 Å². The third-order valence-corrected chi connectivity index (χ3v) is 4.10. The minimum Gasteiger partial charge on any atom is -0.330 e. The monoisotopic (exact) mass is 356 g/mol. The Balaban J connectivity index is 1.41. The maximum Gasteiger partial charge on any atom is 0.333 e. The fourth-order valence-electron chi connectivity index (χ4n) is 2.61. The number of imide groups is 1. The Bertz CT molecular complexity index is 797. The Morgan fingerprint density at radius 3 is 2.50 bits per heavy atom. The summed E-state index contributed by atoms with van der Waals surface area (Å²) < 4.78 is 1.73. The zero-order valence-electron chi connectivity index (χ0n) is 14.6. The van der Waals surface area contributed by atoms with Crippen LogP contribution in [0.2, 0.25) is 0 Å². The Hall–Kier alpha value is -3.03. The van der Waals surface area contributed by atoms with Gasteiger partial charge in [0.1, 0.15) is 5.69 Å². The molecule has 26 heavy (non-hydrogen) atoms. The number of carbonyl (C=O) groups is 3. The van der Waals surface area contributed by atoms with Gasteiger partial charge in [-0.05, 0) is 19.8 Å². The van der Waals surface area contributed by atoms with E-state index in [2.05, 4.69) is 10.3 Å². The van der Waals surface area contributed by atoms with Crippen LogP contribution in [0.5, 0.6) is 0 Å². The molecule has 1 aliphatic rings. The van der Waals surface area contributed by atoms with Crippen molar-refractivity contribution in [1.82, 2.24) is 20.1 Å². The number of aryl methyl sites for hydroxylation is 2. The molecule has 0 spiro atoms. The van der Waals surface area contributed by atoms with Crippen molar-refractivity contribution in [2.75, 3.05) is 0 Å². The summed E-state index contributed by atoms with van der Waals surface area (Å²) in [5.41, 5.74) is 2.99. The average Bonchev–Trinajstić information content (AvgIpc) is 3.21. The topological polar surface area (TPSA) is 94.4 Å². The van der Waals surface area contributed by atoms with E-state index in [0.717, 1.165) is 11.3 Å². The molecule has 0 saturated carbocycles. The zero-order valence-corrected chi connectivity index (χ0v) is 14.6. The predicted octanol–water partition coefficient (Wildman–Crippen LogP) is 2.03. The second-order valence-electron chi connectivity index (χ2n) is 6.24. The summed E-state index contributed by atoms with van der Waals surface area (Å²) in [6.45, 7) is 2.65. The Labute approximate surface area is 150 Å². The molecule has 1 aromatic heterocycles. The van der Waals surface area contributed by atoms with Gasteiger partial charge < -0.3 is 4.84 Å². The molecule has 0 aliphatic carbocycles. The number of amides is 2. The van der Waals surface area contributed by atoms with Crippen molar-refractivity contribution in [1.29, 1.82) is 0 Å². The number of carbonyl (C=O) groups excluding carboxylic acids is 3. The predicted molar refractivity (Wildman–Crippen MR) is 91.2 cm³/mol. The summed E-state index contributed by atoms with van der Waals surface area (Å²) in [4.78, 5) is 39.3. The van der Waals surface area contributed by atoms with Crippen LogP contribution in [0.1, 0.15) is 37.7 Å². The Morgan fingerprint density at radius 2 is 1.81 bits per heavy atom. The molecule has 0 radical (unpaired) electrons. The fourth-order valence-corrected chi connectivity index (χ4v) is 2.61. The van der Waals surface area contributed by atoms with Crippen LogP contribution in [0.15, 0.2) is 30.5 Å². The highest BCUT2D eigenvalue weighted by Gasteiger charge is 2.32. The van der Waals surface area contributed by atoms with Gasteiger partial charge in [-0.2, -0.15) is 0 Å². The first kappa shape index (κ1) is 17.8. The molecule has 2 aromatic rings. The fraction of sp³-hybridized carbons (Fsp3) is 0.389. The van der Waals surface area contributed by atoms with Gasteiger partial charge in [-0.15, -0.1) is 10.2 Å². The van der Waals surface area contributed by atoms with Gasteiger partial charge in [0.05, 0.1) is 6.20 Å². The van der Waals surface area contributed by atoms with E-state index in [-0.39, 0.29) is 19.3 Å². The SMILES string of the molecule is Cc1ccc(-c2cn(CCCCC(=O)ON3C(=O)CCC3=O)nn2)cc1. The van der Waals surface area contributed by atoms with Crippen molar-refractivity contribution in [3.8, 4) is 11.3 Å². The lowest BCUT2D eigenvalue weighted by Crippen LogP contribution is -2.31. The first-order valence-electron chi connectivity index (χ1n) is 8.57. The standard InChI is InChI=1S/C18H20N4O4/c1-13-5-7-14(8-6-13)15-12-21(20-19-15)11-3-2-4-18(25)26-22-16(23)9-10-17(22)24/h5-8,12H,2-4,9-11H2,1H3. The molecule has 1 aliphatic heterocycles. The van der Waals surface area contributed by atoms with Crippen LogP contribution >= 0.6 is 0 Å². The van der Waals surface area contributed by atoms with Gasteiger partial charge in [-0.1, -0.05) is 35.0 Å². The number of aromatic nitrogens is 3. The van der Waals surface area contributed by atoms with E-state index in [4.69, 9.17) is 4.84 Å². The highest BCUT2D eigenvalue weighted by molar-refractivity contribution is 6.01. The van der Waals surface area contributed by atoms with Crippen LogP contribution in [0, 0.1) is 6.92 Å². The van der Waals surface area contributed by atoms with Crippen molar-refractivity contribution in [2.45, 2.75) is 45.6 Å². The molecule has 8 nitrogen and oxygen atoms in total. The molecule has 0 bridgehead atoms. The molecule has 2 amide bonds. The van der Waals surface area contributed by atoms with Crippen LogP contribution in [0.4, 0.5) is 0 Å². The number of rotatable bonds is 7. The van der Waals surface area contributed by atoms with Crippen LogP contribution in [0.25, 0.3) is 11.3 Å². The number of hydrogen-bond acceptors (Lipinski definition) is 6. The Kier molecular flexibility index (Phi) is 5.40. The molecular formula is C18H20N4O4. The maximum absolute atomic E-state index is 11.7. The molecule has 1 fully saturated rings. The average molecular weight is 356 g/mol. The lowest BCUT2D eigenvalue weighted by molar-refractivity contribution is -0.197. The van der Waals surface area contributed by atoms with E-state index < -0.39 is 17.8 Å². The summed E-state index contributed by atoms with van der Waals surface area (Å²) in [5, 5.41) is 8.82. The summed E-state index contributed by atoms with van der Waals surface area (Å²) in [7, 11) is 0. The summed E-state index contributed by atoms with van der Waals surface area (Å²) in [6.07, 6.45) is 3.47. The zero-order chi connectivity index (χ0) is 18.5. The van der Waals surface area contributed by atoms with Gasteiger partial charge in [-0.3, -0.25) is 14.3 Å². The number of unbranched alkanes of at least 4 members (excludes halogenated alkanes) is 1. The first-order chi connectivity index (χ1) is 12.5. The number of hydroxylamine groups is 2. The second kappa shape index (κ2) is 7.90. The van der Waals surface area contributed by atoms with Gasteiger partial charge in [0.15, 0.2) is 0 Å². The summed E-state index contributed by atoms with van der Waals surface area (Å²) in [5.74, 6) is -1.50. The molecule has 0 N–H and O–H groups in total. The quantitative estimate of drug-likeness (QED) is 0.556. The number of benzene rings is 1. The van der Waals surface area contributed by atoms with Crippen molar-refractivity contribution in [3.05, 3.63) is 36.0 Å². The first-order valence-corrected chi connectivity index (χ1v) is 8.57. The van der Waals surface area contributed by atoms with Crippen LogP contribution in [0.3, 0.4) is 0 Å². The molecule has 0 unspecified atom stereocenters. The number of nitrogens with zero attached hydrogens (tertiary/aromatic N) is 4. The van der Waals surface area contributed by atoms with E-state index in [0.29, 0.717) is 24.4 Å². The summed E-state index contributed by atoms with van der Waals surface area (Å²) >= 11 is 0. The molecule has 136 valence electrons. The van der Waals surface area contributed by atoms with Gasteiger partial charge in [0.2, 0.25) is 0 Å². The van der Waals surface area contributed by atoms with E-state index in [1.54, 1.807) is 4.68 Å². The molecule has 0 atom stereocenters. The van der Waals surface area contributed by atoms with E-state index in [1.165, 1.54) is 5.56 Å². The highest BCUT2D eigenvalue weighted by atomic mass is 16.7. The minimum atomic E-state index is -0.576. The van der Waals surface area contributed by atoms with Crippen molar-refractivity contribution >= 4 is 17.8 Å². The molecule has 1 saturated heterocycles. The normalized spacial score (nSPS) is 14.1. The van der Waals surface area contributed by atoms with Crippen LogP contribution in [-0.4, -0.2) is 37.8 Å². The molecule has 3 rings (SSSR count). The largest absolute Gasteiger partial charge is 0.333 e. The maximum atomic E-state index is 11.7. The molecule has 8 heteroatoms. The van der Waals surface area contributed by atoms with Gasteiger partial charge in [0.25, 0.3) is 11.8 Å². The second-order valence-corrected chi connectivity index (χ2v) is 6.24. The highest BCUT2D eigenvalue weighted by Crippen LogP contribution is 2.17. The lowest BCUT2D eigenvalue weighted by Gasteiger charge is -2.12. The lowest BCUT2D eigenvalue weighted by atomic mass is 10.1. The van der Waals surface area contributed by atoms with Crippen molar-refractivity contribution in [3.63, 3.8) is 0 Å². The smallest absolute Gasteiger partial charge is 0.330 e. The van der Waals surface area contributed by atoms with E-state index in [1.807, 2.05) is 37.4 Å². The van der Waals surface area contributed by atoms with Gasteiger partial charge >= 0.3 is 5.97 Å². The Morgan fingerprint density at radius 1 is 1.12 bits per heavy atom. The van der Waals surface area contributed by atoms with Crippen LogP contribution in [-0.2, 0) is 25.8 Å². The third-order valence-electron chi connectivity index (χ3n) is 4.10. The van der Waals surface area contributed by atoms with Crippen molar-refractivity contribution in [2.24, 2.45) is 0 Å². The molecular weight excluding hydrogens is 336 g/mol. The molecule has 2 heterocycles. The van der Waals surface area contributed by atoms with Gasteiger partial charge in [0, 0.05) is 31.4 Å². The minimum absolute atomic E-state index is 0.0989. The molecule has 1 aromatic carbocycles. The summed E-state index contributed by atoms with van der Waals surface area (Å²) in [6, 6.07) is 8.05. The third kappa shape index (κ3) is 4.33. The number of hydrogen-bond donors (Lipinski definition) is 0.